The van der Waals surface area contributed by atoms with E-state index >= 15 is 0 Å². The van der Waals surface area contributed by atoms with Crippen LogP contribution in [0.25, 0.3) is 0 Å². The Morgan fingerprint density at radius 2 is 2.00 bits per heavy atom. The molecule has 1 rings (SSSR count). The van der Waals surface area contributed by atoms with E-state index in [2.05, 4.69) is 0 Å². The molecule has 0 heterocycles. The quantitative estimate of drug-likeness (QED) is 0.563. The lowest BCUT2D eigenvalue weighted by molar-refractivity contribution is -0.135. The minimum atomic E-state index is -1.15. The van der Waals surface area contributed by atoms with E-state index in [1.54, 1.807) is 12.1 Å². The molecule has 0 saturated carbocycles. The van der Waals surface area contributed by atoms with Gasteiger partial charge in [0.15, 0.2) is 0 Å². The summed E-state index contributed by atoms with van der Waals surface area (Å²) in [7, 11) is 0. The number of carboxylic acid groups (broad SMARTS) is 1. The Kier molecular flexibility index (Phi) is 3.41. The van der Waals surface area contributed by atoms with Crippen molar-refractivity contribution in [2.24, 2.45) is 5.73 Å². The third-order valence-electron chi connectivity index (χ3n) is 1.70. The number of nitrogens with two attached hydrogens (primary N) is 1. The SMILES string of the molecule is CC(N)C(=O)Oc1ccccc1C(=O)O. The van der Waals surface area contributed by atoms with Crippen LogP contribution in [0.2, 0.25) is 0 Å². The molecular weight excluding hydrogens is 198 g/mol. The predicted octanol–water partition coefficient (Wildman–Crippen LogP) is 0.637. The van der Waals surface area contributed by atoms with E-state index in [1.807, 2.05) is 0 Å². The molecule has 0 aliphatic rings. The number of ether oxygens (including phenoxy) is 1. The normalized spacial score (nSPS) is 11.9. The van der Waals surface area contributed by atoms with Gasteiger partial charge in [-0.05, 0) is 19.1 Å². The molecule has 5 heteroatoms. The maximum atomic E-state index is 11.1. The summed E-state index contributed by atoms with van der Waals surface area (Å²) in [5, 5.41) is 8.79. The zero-order valence-corrected chi connectivity index (χ0v) is 8.14. The molecule has 0 bridgehead atoms. The fourth-order valence-corrected chi connectivity index (χ4v) is 0.934. The first-order valence-corrected chi connectivity index (χ1v) is 4.32. The Labute approximate surface area is 86.5 Å². The van der Waals surface area contributed by atoms with Crippen LogP contribution in [-0.4, -0.2) is 23.1 Å². The van der Waals surface area contributed by atoms with Gasteiger partial charge in [-0.15, -0.1) is 0 Å². The Hall–Kier alpha value is -1.88. The van der Waals surface area contributed by atoms with E-state index < -0.39 is 18.0 Å². The minimum Gasteiger partial charge on any atom is -0.478 e. The van der Waals surface area contributed by atoms with Crippen molar-refractivity contribution in [3.63, 3.8) is 0 Å². The summed E-state index contributed by atoms with van der Waals surface area (Å²) >= 11 is 0. The second-order valence-corrected chi connectivity index (χ2v) is 3.01. The molecule has 15 heavy (non-hydrogen) atoms. The molecule has 80 valence electrons. The molecule has 1 aromatic carbocycles. The number of hydrogen-bond acceptors (Lipinski definition) is 4. The lowest BCUT2D eigenvalue weighted by Crippen LogP contribution is -2.31. The van der Waals surface area contributed by atoms with Crippen molar-refractivity contribution >= 4 is 11.9 Å². The molecule has 0 fully saturated rings. The van der Waals surface area contributed by atoms with Crippen LogP contribution in [0, 0.1) is 0 Å². The monoisotopic (exact) mass is 209 g/mol. The van der Waals surface area contributed by atoms with E-state index in [-0.39, 0.29) is 11.3 Å². The summed E-state index contributed by atoms with van der Waals surface area (Å²) in [6.07, 6.45) is 0. The summed E-state index contributed by atoms with van der Waals surface area (Å²) in [6.45, 7) is 1.46. The molecule has 1 unspecified atom stereocenters. The highest BCUT2D eigenvalue weighted by Crippen LogP contribution is 2.17. The van der Waals surface area contributed by atoms with Gasteiger partial charge in [-0.3, -0.25) is 0 Å². The largest absolute Gasteiger partial charge is 0.478 e. The van der Waals surface area contributed by atoms with E-state index in [0.717, 1.165) is 0 Å². The van der Waals surface area contributed by atoms with Gasteiger partial charge in [0, 0.05) is 0 Å². The van der Waals surface area contributed by atoms with Crippen LogP contribution in [0.15, 0.2) is 24.3 Å². The average Bonchev–Trinajstić information content (AvgIpc) is 2.18. The van der Waals surface area contributed by atoms with Gasteiger partial charge in [-0.2, -0.15) is 0 Å². The molecule has 5 nitrogen and oxygen atoms in total. The number of aromatic carboxylic acids is 1. The number of carbonyl (C=O) groups excluding carboxylic acids is 1. The molecule has 0 saturated heterocycles. The van der Waals surface area contributed by atoms with Crippen molar-refractivity contribution < 1.29 is 19.4 Å². The number of carboxylic acids is 1. The molecule has 0 spiro atoms. The minimum absolute atomic E-state index is 0.00676. The summed E-state index contributed by atoms with van der Waals surface area (Å²) in [5.41, 5.74) is 5.22. The number of esters is 1. The fourth-order valence-electron chi connectivity index (χ4n) is 0.934. The molecule has 0 amide bonds. The summed E-state index contributed by atoms with van der Waals surface area (Å²) in [4.78, 5) is 21.9. The van der Waals surface area contributed by atoms with Crippen LogP contribution in [0.5, 0.6) is 5.75 Å². The second kappa shape index (κ2) is 4.56. The molecular formula is C10H11NO4. The standard InChI is InChI=1S/C10H11NO4/c1-6(11)10(14)15-8-5-3-2-4-7(8)9(12)13/h2-6H,11H2,1H3,(H,12,13). The molecule has 0 aliphatic heterocycles. The number of carbonyl (C=O) groups is 2. The Bertz CT molecular complexity index is 387. The van der Waals surface area contributed by atoms with Crippen molar-refractivity contribution in [1.29, 1.82) is 0 Å². The first-order chi connectivity index (χ1) is 7.02. The van der Waals surface area contributed by atoms with Crippen molar-refractivity contribution in [1.82, 2.24) is 0 Å². The Morgan fingerprint density at radius 3 is 2.53 bits per heavy atom. The van der Waals surface area contributed by atoms with Gasteiger partial charge in [0.05, 0.1) is 0 Å². The first kappa shape index (κ1) is 11.2. The van der Waals surface area contributed by atoms with E-state index in [4.69, 9.17) is 15.6 Å². The van der Waals surface area contributed by atoms with Gasteiger partial charge in [-0.1, -0.05) is 12.1 Å². The highest BCUT2D eigenvalue weighted by Gasteiger charge is 2.15. The highest BCUT2D eigenvalue weighted by molar-refractivity contribution is 5.92. The van der Waals surface area contributed by atoms with Gasteiger partial charge in [0.1, 0.15) is 17.4 Å². The van der Waals surface area contributed by atoms with Gasteiger partial charge >= 0.3 is 11.9 Å². The first-order valence-electron chi connectivity index (χ1n) is 4.32. The van der Waals surface area contributed by atoms with E-state index in [1.165, 1.54) is 19.1 Å². The zero-order valence-electron chi connectivity index (χ0n) is 8.14. The van der Waals surface area contributed by atoms with Crippen LogP contribution >= 0.6 is 0 Å². The number of rotatable bonds is 3. The van der Waals surface area contributed by atoms with Gasteiger partial charge in [-0.25, -0.2) is 9.59 Å². The van der Waals surface area contributed by atoms with Crippen LogP contribution in [0.3, 0.4) is 0 Å². The van der Waals surface area contributed by atoms with E-state index in [9.17, 15) is 9.59 Å². The molecule has 0 aliphatic carbocycles. The maximum Gasteiger partial charge on any atom is 0.339 e. The molecule has 1 atom stereocenters. The number of hydrogen-bond donors (Lipinski definition) is 2. The van der Waals surface area contributed by atoms with E-state index in [0.29, 0.717) is 0 Å². The Balaban J connectivity index is 2.94. The average molecular weight is 209 g/mol. The molecule has 3 N–H and O–H groups in total. The van der Waals surface area contributed by atoms with Crippen molar-refractivity contribution in [3.05, 3.63) is 29.8 Å². The van der Waals surface area contributed by atoms with Crippen LogP contribution in [0.1, 0.15) is 17.3 Å². The van der Waals surface area contributed by atoms with Crippen LogP contribution < -0.4 is 10.5 Å². The van der Waals surface area contributed by atoms with Crippen molar-refractivity contribution in [2.45, 2.75) is 13.0 Å². The highest BCUT2D eigenvalue weighted by atomic mass is 16.5. The third kappa shape index (κ3) is 2.78. The van der Waals surface area contributed by atoms with Crippen molar-refractivity contribution in [2.75, 3.05) is 0 Å². The van der Waals surface area contributed by atoms with Gasteiger partial charge < -0.3 is 15.6 Å². The smallest absolute Gasteiger partial charge is 0.339 e. The summed E-state index contributed by atoms with van der Waals surface area (Å²) in [6, 6.07) is 5.10. The molecule has 0 aromatic heterocycles. The predicted molar refractivity (Wildman–Crippen MR) is 52.7 cm³/mol. The van der Waals surface area contributed by atoms with Crippen LogP contribution in [0.4, 0.5) is 0 Å². The van der Waals surface area contributed by atoms with Crippen LogP contribution in [-0.2, 0) is 4.79 Å². The Morgan fingerprint density at radius 1 is 1.40 bits per heavy atom. The zero-order chi connectivity index (χ0) is 11.4. The molecule has 1 aromatic rings. The topological polar surface area (TPSA) is 89.6 Å². The maximum absolute atomic E-state index is 11.1. The molecule has 0 radical (unpaired) electrons. The number of benzene rings is 1. The van der Waals surface area contributed by atoms with Crippen molar-refractivity contribution in [3.8, 4) is 5.75 Å². The summed E-state index contributed by atoms with van der Waals surface area (Å²) < 4.78 is 4.82. The summed E-state index contributed by atoms with van der Waals surface area (Å²) in [5.74, 6) is -1.81. The second-order valence-electron chi connectivity index (χ2n) is 3.01. The number of para-hydroxylation sites is 1. The van der Waals surface area contributed by atoms with Gasteiger partial charge in [0.2, 0.25) is 0 Å². The van der Waals surface area contributed by atoms with Gasteiger partial charge in [0.25, 0.3) is 0 Å². The lowest BCUT2D eigenvalue weighted by Gasteiger charge is -2.08. The lowest BCUT2D eigenvalue weighted by atomic mass is 10.2. The third-order valence-corrected chi connectivity index (χ3v) is 1.70. The fraction of sp³-hybridized carbons (Fsp3) is 0.200.